The van der Waals surface area contributed by atoms with Crippen molar-refractivity contribution in [3.05, 3.63) is 66.6 Å². The van der Waals surface area contributed by atoms with Crippen LogP contribution in [0.15, 0.2) is 61.1 Å². The quantitative estimate of drug-likeness (QED) is 0.547. The molecule has 0 atom stereocenters. The van der Waals surface area contributed by atoms with E-state index in [9.17, 15) is 4.79 Å². The lowest BCUT2D eigenvalue weighted by atomic mass is 10.1. The normalized spacial score (nSPS) is 14.2. The molecule has 8 heteroatoms. The average Bonchev–Trinajstić information content (AvgIpc) is 3.14. The predicted octanol–water partition coefficient (Wildman–Crippen LogP) is 2.09. The van der Waals surface area contributed by atoms with E-state index in [0.717, 1.165) is 48.6 Å². The molecule has 5 rings (SSSR count). The molecule has 30 heavy (non-hydrogen) atoms. The van der Waals surface area contributed by atoms with Gasteiger partial charge in [-0.15, -0.1) is 5.10 Å². The highest BCUT2D eigenvalue weighted by molar-refractivity contribution is 5.94. The Morgan fingerprint density at radius 3 is 2.53 bits per heavy atom. The fourth-order valence-electron chi connectivity index (χ4n) is 3.71. The summed E-state index contributed by atoms with van der Waals surface area (Å²) in [5, 5.41) is 7.67. The summed E-state index contributed by atoms with van der Waals surface area (Å²) in [6.07, 6.45) is 5.39. The molecule has 0 bridgehead atoms. The van der Waals surface area contributed by atoms with Crippen LogP contribution in [0, 0.1) is 0 Å². The molecule has 3 aromatic heterocycles. The Morgan fingerprint density at radius 2 is 1.80 bits per heavy atom. The van der Waals surface area contributed by atoms with Gasteiger partial charge in [-0.3, -0.25) is 9.78 Å². The minimum atomic E-state index is 0.0662. The highest BCUT2D eigenvalue weighted by Gasteiger charge is 2.18. The zero-order valence-corrected chi connectivity index (χ0v) is 16.3. The SMILES string of the molecule is Nc1nn2cc(-c3ccc(C(=O)N4CCNCC4)cc3)cnc2c1-c1ccccn1. The molecule has 4 heterocycles. The Bertz CT molecular complexity index is 1200. The number of nitrogens with zero attached hydrogens (tertiary/aromatic N) is 5. The van der Waals surface area contributed by atoms with Crippen molar-refractivity contribution < 1.29 is 4.79 Å². The molecule has 1 amide bonds. The van der Waals surface area contributed by atoms with Crippen LogP contribution in [-0.4, -0.2) is 56.6 Å². The lowest BCUT2D eigenvalue weighted by molar-refractivity contribution is 0.0736. The van der Waals surface area contributed by atoms with Crippen LogP contribution in [-0.2, 0) is 0 Å². The fourth-order valence-corrected chi connectivity index (χ4v) is 3.71. The van der Waals surface area contributed by atoms with Crippen LogP contribution in [0.3, 0.4) is 0 Å². The van der Waals surface area contributed by atoms with Crippen molar-refractivity contribution >= 4 is 17.4 Å². The van der Waals surface area contributed by atoms with Gasteiger partial charge in [-0.1, -0.05) is 18.2 Å². The number of fused-ring (bicyclic) bond motifs is 1. The number of rotatable bonds is 3. The molecular formula is C22H21N7O. The first-order valence-corrected chi connectivity index (χ1v) is 9.86. The maximum Gasteiger partial charge on any atom is 0.253 e. The van der Waals surface area contributed by atoms with Crippen molar-refractivity contribution in [1.29, 1.82) is 0 Å². The summed E-state index contributed by atoms with van der Waals surface area (Å²) in [7, 11) is 0. The highest BCUT2D eigenvalue weighted by atomic mass is 16.2. The van der Waals surface area contributed by atoms with E-state index in [4.69, 9.17) is 5.73 Å². The predicted molar refractivity (Wildman–Crippen MR) is 115 cm³/mol. The van der Waals surface area contributed by atoms with Crippen molar-refractivity contribution in [2.45, 2.75) is 0 Å². The Balaban J connectivity index is 1.44. The van der Waals surface area contributed by atoms with Gasteiger partial charge in [-0.25, -0.2) is 9.50 Å². The summed E-state index contributed by atoms with van der Waals surface area (Å²) >= 11 is 0. The van der Waals surface area contributed by atoms with Gasteiger partial charge in [0, 0.05) is 55.9 Å². The summed E-state index contributed by atoms with van der Waals surface area (Å²) in [6, 6.07) is 13.2. The number of pyridine rings is 1. The third-order valence-electron chi connectivity index (χ3n) is 5.29. The Labute approximate surface area is 173 Å². The van der Waals surface area contributed by atoms with Crippen molar-refractivity contribution in [2.75, 3.05) is 31.9 Å². The summed E-state index contributed by atoms with van der Waals surface area (Å²) < 4.78 is 1.68. The average molecular weight is 399 g/mol. The number of hydrogen-bond acceptors (Lipinski definition) is 6. The van der Waals surface area contributed by atoms with Crippen molar-refractivity contribution in [3.63, 3.8) is 0 Å². The van der Waals surface area contributed by atoms with E-state index in [1.54, 1.807) is 16.9 Å². The topological polar surface area (TPSA) is 101 Å². The Kier molecular flexibility index (Phi) is 4.61. The monoisotopic (exact) mass is 399 g/mol. The number of piperazine rings is 1. The summed E-state index contributed by atoms with van der Waals surface area (Å²) in [5.74, 6) is 0.451. The van der Waals surface area contributed by atoms with Gasteiger partial charge in [0.1, 0.15) is 0 Å². The van der Waals surface area contributed by atoms with Gasteiger partial charge >= 0.3 is 0 Å². The lowest BCUT2D eigenvalue weighted by Gasteiger charge is -2.27. The van der Waals surface area contributed by atoms with Gasteiger partial charge < -0.3 is 16.0 Å². The third kappa shape index (κ3) is 3.27. The number of hydrogen-bond donors (Lipinski definition) is 2. The summed E-state index contributed by atoms with van der Waals surface area (Å²) in [5.41, 5.74) is 10.8. The van der Waals surface area contributed by atoms with Gasteiger partial charge in [0.25, 0.3) is 5.91 Å². The smallest absolute Gasteiger partial charge is 0.253 e. The zero-order chi connectivity index (χ0) is 20.5. The molecule has 0 radical (unpaired) electrons. The largest absolute Gasteiger partial charge is 0.382 e. The summed E-state index contributed by atoms with van der Waals surface area (Å²) in [4.78, 5) is 23.5. The van der Waals surface area contributed by atoms with Crippen LogP contribution >= 0.6 is 0 Å². The van der Waals surface area contributed by atoms with Crippen LogP contribution in [0.25, 0.3) is 28.0 Å². The van der Waals surface area contributed by atoms with Crippen LogP contribution in [0.1, 0.15) is 10.4 Å². The number of nitrogen functional groups attached to an aromatic ring is 1. The molecule has 1 aliphatic heterocycles. The standard InChI is InChI=1S/C22H21N7O/c23-20-19(18-3-1-2-8-25-18)21-26-13-17(14-29(21)27-20)15-4-6-16(7-5-15)22(30)28-11-9-24-10-12-28/h1-8,13-14,24H,9-12H2,(H2,23,27). The number of anilines is 1. The third-order valence-corrected chi connectivity index (χ3v) is 5.29. The lowest BCUT2D eigenvalue weighted by Crippen LogP contribution is -2.46. The Morgan fingerprint density at radius 1 is 1.00 bits per heavy atom. The van der Waals surface area contributed by atoms with Gasteiger partial charge in [0.2, 0.25) is 0 Å². The minimum Gasteiger partial charge on any atom is -0.382 e. The number of benzene rings is 1. The Hall–Kier alpha value is -3.78. The van der Waals surface area contributed by atoms with E-state index < -0.39 is 0 Å². The molecule has 0 spiro atoms. The zero-order valence-electron chi connectivity index (χ0n) is 16.3. The molecule has 0 unspecified atom stereocenters. The van der Waals surface area contributed by atoms with Crippen LogP contribution in [0.2, 0.25) is 0 Å². The molecule has 4 aromatic rings. The molecule has 150 valence electrons. The number of amides is 1. The van der Waals surface area contributed by atoms with Crippen molar-refractivity contribution in [3.8, 4) is 22.4 Å². The van der Waals surface area contributed by atoms with Gasteiger partial charge in [0.15, 0.2) is 11.5 Å². The number of carbonyl (C=O) groups is 1. The second-order valence-electron chi connectivity index (χ2n) is 7.21. The number of carbonyl (C=O) groups excluding carboxylic acids is 1. The molecule has 1 saturated heterocycles. The fraction of sp³-hybridized carbons (Fsp3) is 0.182. The van der Waals surface area contributed by atoms with Gasteiger partial charge in [-0.05, 0) is 29.8 Å². The molecule has 1 fully saturated rings. The van der Waals surface area contributed by atoms with Crippen molar-refractivity contribution in [2.24, 2.45) is 0 Å². The molecular weight excluding hydrogens is 378 g/mol. The maximum atomic E-state index is 12.6. The second kappa shape index (κ2) is 7.57. The van der Waals surface area contributed by atoms with Crippen LogP contribution in [0.4, 0.5) is 5.82 Å². The molecule has 0 aliphatic carbocycles. The second-order valence-corrected chi connectivity index (χ2v) is 7.21. The van der Waals surface area contributed by atoms with Crippen molar-refractivity contribution in [1.82, 2.24) is 29.8 Å². The van der Waals surface area contributed by atoms with E-state index in [0.29, 0.717) is 17.0 Å². The van der Waals surface area contributed by atoms with E-state index in [1.807, 2.05) is 53.6 Å². The first kappa shape index (κ1) is 18.3. The number of aromatic nitrogens is 4. The molecule has 1 aromatic carbocycles. The van der Waals surface area contributed by atoms with Crippen LogP contribution < -0.4 is 11.1 Å². The van der Waals surface area contributed by atoms with Gasteiger partial charge in [0.05, 0.1) is 11.3 Å². The first-order valence-electron chi connectivity index (χ1n) is 9.86. The molecule has 1 aliphatic rings. The minimum absolute atomic E-state index is 0.0662. The first-order chi connectivity index (χ1) is 14.7. The molecule has 3 N–H and O–H groups in total. The van der Waals surface area contributed by atoms with Crippen LogP contribution in [0.5, 0.6) is 0 Å². The molecule has 0 saturated carbocycles. The number of nitrogens with one attached hydrogen (secondary N) is 1. The van der Waals surface area contributed by atoms with E-state index in [2.05, 4.69) is 20.4 Å². The number of nitrogens with two attached hydrogens (primary N) is 1. The maximum absolute atomic E-state index is 12.6. The van der Waals surface area contributed by atoms with E-state index in [-0.39, 0.29) is 5.91 Å². The van der Waals surface area contributed by atoms with Gasteiger partial charge in [-0.2, -0.15) is 0 Å². The van der Waals surface area contributed by atoms with E-state index in [1.165, 1.54) is 0 Å². The summed E-state index contributed by atoms with van der Waals surface area (Å²) in [6.45, 7) is 3.15. The molecule has 8 nitrogen and oxygen atoms in total. The highest BCUT2D eigenvalue weighted by Crippen LogP contribution is 2.29. The van der Waals surface area contributed by atoms with E-state index >= 15 is 0 Å².